The van der Waals surface area contributed by atoms with E-state index in [1.165, 1.54) is 10.8 Å². The van der Waals surface area contributed by atoms with Gasteiger partial charge in [-0.3, -0.25) is 0 Å². The van der Waals surface area contributed by atoms with Crippen molar-refractivity contribution in [2.75, 3.05) is 25.6 Å². The zero-order valence-electron chi connectivity index (χ0n) is 13.5. The Labute approximate surface area is 140 Å². The normalized spacial score (nSPS) is 11.2. The van der Waals surface area contributed by atoms with E-state index in [0.29, 0.717) is 6.61 Å². The van der Waals surface area contributed by atoms with Crippen molar-refractivity contribution in [1.82, 2.24) is 4.98 Å². The van der Waals surface area contributed by atoms with Gasteiger partial charge in [-0.1, -0.05) is 36.4 Å². The first-order valence-electron chi connectivity index (χ1n) is 7.95. The summed E-state index contributed by atoms with van der Waals surface area (Å²) < 4.78 is 10.7. The van der Waals surface area contributed by atoms with Crippen LogP contribution < -0.4 is 5.32 Å². The molecule has 0 bridgehead atoms. The van der Waals surface area contributed by atoms with Gasteiger partial charge in [-0.2, -0.15) is 0 Å². The van der Waals surface area contributed by atoms with Gasteiger partial charge in [-0.25, -0.2) is 4.98 Å². The van der Waals surface area contributed by atoms with Gasteiger partial charge in [0.25, 0.3) is 0 Å². The van der Waals surface area contributed by atoms with E-state index in [2.05, 4.69) is 47.8 Å². The van der Waals surface area contributed by atoms with Crippen LogP contribution in [0.25, 0.3) is 33.0 Å². The van der Waals surface area contributed by atoms with Gasteiger partial charge in [0.05, 0.1) is 6.61 Å². The van der Waals surface area contributed by atoms with Crippen molar-refractivity contribution in [2.24, 2.45) is 0 Å². The van der Waals surface area contributed by atoms with Crippen molar-refractivity contribution in [3.63, 3.8) is 0 Å². The van der Waals surface area contributed by atoms with Crippen LogP contribution in [0.15, 0.2) is 65.3 Å². The molecule has 0 radical (unpaired) electrons. The number of hydrogen-bond acceptors (Lipinski definition) is 4. The van der Waals surface area contributed by atoms with Crippen LogP contribution in [0.5, 0.6) is 0 Å². The number of fused-ring (bicyclic) bond motifs is 2. The maximum atomic E-state index is 5.68. The maximum absolute atomic E-state index is 5.68. The molecule has 0 atom stereocenters. The minimum Gasteiger partial charge on any atom is -0.462 e. The Balaban J connectivity index is 1.75. The first-order valence-corrected chi connectivity index (χ1v) is 7.95. The second kappa shape index (κ2) is 6.34. The fraction of sp³-hybridized carbons (Fsp3) is 0.150. The highest BCUT2D eigenvalue weighted by atomic mass is 16.5. The Morgan fingerprint density at radius 2 is 1.92 bits per heavy atom. The van der Waals surface area contributed by atoms with Crippen LogP contribution in [-0.4, -0.2) is 25.2 Å². The van der Waals surface area contributed by atoms with Gasteiger partial charge in [-0.15, -0.1) is 0 Å². The number of nitrogens with zero attached hydrogens (tertiary/aromatic N) is 1. The Bertz CT molecular complexity index is 991. The van der Waals surface area contributed by atoms with E-state index in [4.69, 9.17) is 14.1 Å². The molecule has 2 aromatic heterocycles. The molecule has 0 fully saturated rings. The first-order chi connectivity index (χ1) is 11.8. The molecule has 4 nitrogen and oxygen atoms in total. The number of aromatic nitrogens is 1. The summed E-state index contributed by atoms with van der Waals surface area (Å²) >= 11 is 0. The van der Waals surface area contributed by atoms with Crippen LogP contribution in [0, 0.1) is 0 Å². The van der Waals surface area contributed by atoms with Crippen LogP contribution in [0.2, 0.25) is 0 Å². The highest BCUT2D eigenvalue weighted by Gasteiger charge is 2.11. The van der Waals surface area contributed by atoms with E-state index < -0.39 is 0 Å². The summed E-state index contributed by atoms with van der Waals surface area (Å²) in [6, 6.07) is 18.6. The molecule has 2 aromatic carbocycles. The summed E-state index contributed by atoms with van der Waals surface area (Å²) in [4.78, 5) is 4.70. The predicted molar refractivity (Wildman–Crippen MR) is 97.3 cm³/mol. The largest absolute Gasteiger partial charge is 0.462 e. The average molecular weight is 318 g/mol. The van der Waals surface area contributed by atoms with E-state index in [1.54, 1.807) is 13.4 Å². The number of nitrogens with one attached hydrogen (secondary N) is 1. The summed E-state index contributed by atoms with van der Waals surface area (Å²) in [6.45, 7) is 1.36. The quantitative estimate of drug-likeness (QED) is 0.542. The van der Waals surface area contributed by atoms with Crippen LogP contribution in [0.1, 0.15) is 0 Å². The molecule has 0 spiro atoms. The molecule has 0 saturated heterocycles. The smallest absolute Gasteiger partial charge is 0.153 e. The van der Waals surface area contributed by atoms with Gasteiger partial charge >= 0.3 is 0 Å². The Hall–Kier alpha value is -2.85. The summed E-state index contributed by atoms with van der Waals surface area (Å²) in [5, 5.41) is 5.69. The van der Waals surface area contributed by atoms with Crippen LogP contribution in [0.4, 0.5) is 5.82 Å². The molecule has 4 aromatic rings. The fourth-order valence-corrected chi connectivity index (χ4v) is 2.85. The summed E-state index contributed by atoms with van der Waals surface area (Å²) in [7, 11) is 1.69. The van der Waals surface area contributed by atoms with Crippen molar-refractivity contribution in [2.45, 2.75) is 0 Å². The Morgan fingerprint density at radius 1 is 1.04 bits per heavy atom. The number of pyridine rings is 1. The molecule has 0 aliphatic carbocycles. The van der Waals surface area contributed by atoms with Gasteiger partial charge in [0.15, 0.2) is 5.58 Å². The minimum atomic E-state index is 0.642. The third kappa shape index (κ3) is 2.72. The Morgan fingerprint density at radius 3 is 2.79 bits per heavy atom. The topological polar surface area (TPSA) is 47.3 Å². The van der Waals surface area contributed by atoms with Gasteiger partial charge < -0.3 is 14.5 Å². The summed E-state index contributed by atoms with van der Waals surface area (Å²) in [5.41, 5.74) is 3.77. The van der Waals surface area contributed by atoms with Crippen LogP contribution in [-0.2, 0) is 4.74 Å². The predicted octanol–water partition coefficient (Wildman–Crippen LogP) is 4.71. The molecule has 0 amide bonds. The van der Waals surface area contributed by atoms with Crippen molar-refractivity contribution < 1.29 is 9.15 Å². The molecular weight excluding hydrogens is 300 g/mol. The van der Waals surface area contributed by atoms with Crippen LogP contribution >= 0.6 is 0 Å². The molecular formula is C20H18N2O2. The third-order valence-electron chi connectivity index (χ3n) is 4.09. The molecule has 0 unspecified atom stereocenters. The molecule has 0 aliphatic heterocycles. The van der Waals surface area contributed by atoms with Crippen LogP contribution in [0.3, 0.4) is 0 Å². The number of anilines is 1. The number of hydrogen-bond donors (Lipinski definition) is 1. The molecule has 0 aliphatic rings. The standard InChI is InChI=1S/C20H18N2O2/c1-23-11-10-21-19-9-8-18-20(22-19)17(13-24-18)16-7-6-14-4-2-3-5-15(14)12-16/h2-9,12-13H,10-11H2,1H3,(H,21,22). The van der Waals surface area contributed by atoms with Gasteiger partial charge in [0, 0.05) is 19.2 Å². The highest BCUT2D eigenvalue weighted by Crippen LogP contribution is 2.32. The fourth-order valence-electron chi connectivity index (χ4n) is 2.85. The lowest BCUT2D eigenvalue weighted by atomic mass is 10.0. The van der Waals surface area contributed by atoms with Crippen molar-refractivity contribution in [3.8, 4) is 11.1 Å². The van der Waals surface area contributed by atoms with E-state index in [-0.39, 0.29) is 0 Å². The molecule has 4 heteroatoms. The SMILES string of the molecule is COCCNc1ccc2occ(-c3ccc4ccccc4c3)c2n1. The highest BCUT2D eigenvalue weighted by molar-refractivity contribution is 5.95. The Kier molecular flexibility index (Phi) is 3.89. The van der Waals surface area contributed by atoms with Gasteiger partial charge in [-0.05, 0) is 34.5 Å². The average Bonchev–Trinajstić information content (AvgIpc) is 3.05. The van der Waals surface area contributed by atoms with Crippen molar-refractivity contribution in [3.05, 3.63) is 60.9 Å². The van der Waals surface area contributed by atoms with Gasteiger partial charge in [0.2, 0.25) is 0 Å². The number of methoxy groups -OCH3 is 1. The molecule has 4 rings (SSSR count). The lowest BCUT2D eigenvalue weighted by molar-refractivity contribution is 0.210. The monoisotopic (exact) mass is 318 g/mol. The molecule has 1 N–H and O–H groups in total. The van der Waals surface area contributed by atoms with Crippen molar-refractivity contribution in [1.29, 1.82) is 0 Å². The zero-order valence-corrected chi connectivity index (χ0v) is 13.5. The maximum Gasteiger partial charge on any atom is 0.153 e. The second-order valence-corrected chi connectivity index (χ2v) is 5.67. The lowest BCUT2D eigenvalue weighted by Crippen LogP contribution is -2.08. The summed E-state index contributed by atoms with van der Waals surface area (Å²) in [6.07, 6.45) is 1.78. The minimum absolute atomic E-state index is 0.642. The second-order valence-electron chi connectivity index (χ2n) is 5.67. The molecule has 2 heterocycles. The molecule has 120 valence electrons. The lowest BCUT2D eigenvalue weighted by Gasteiger charge is -2.05. The number of furan rings is 1. The third-order valence-corrected chi connectivity index (χ3v) is 4.09. The summed E-state index contributed by atoms with van der Waals surface area (Å²) in [5.74, 6) is 0.822. The van der Waals surface area contributed by atoms with E-state index in [0.717, 1.165) is 34.6 Å². The van der Waals surface area contributed by atoms with E-state index in [1.807, 2.05) is 12.1 Å². The first kappa shape index (κ1) is 14.7. The number of ether oxygens (including phenoxy) is 1. The van der Waals surface area contributed by atoms with E-state index in [9.17, 15) is 0 Å². The molecule has 0 saturated carbocycles. The van der Waals surface area contributed by atoms with Gasteiger partial charge in [0.1, 0.15) is 17.6 Å². The number of benzene rings is 2. The molecule has 24 heavy (non-hydrogen) atoms. The van der Waals surface area contributed by atoms with Crippen molar-refractivity contribution >= 4 is 27.7 Å². The van der Waals surface area contributed by atoms with E-state index >= 15 is 0 Å². The zero-order chi connectivity index (χ0) is 16.4. The number of rotatable bonds is 5.